The van der Waals surface area contributed by atoms with Crippen LogP contribution < -0.4 is 11.4 Å². The fourth-order valence-electron chi connectivity index (χ4n) is 2.44. The first-order valence-corrected chi connectivity index (χ1v) is 5.96. The van der Waals surface area contributed by atoms with Crippen LogP contribution in [0.3, 0.4) is 0 Å². The first kappa shape index (κ1) is 11.4. The summed E-state index contributed by atoms with van der Waals surface area (Å²) in [5.74, 6) is 0.671. The minimum absolute atomic E-state index is 0.125. The van der Waals surface area contributed by atoms with Crippen LogP contribution in [0, 0.1) is 0 Å². The zero-order valence-electron chi connectivity index (χ0n) is 9.99. The topological polar surface area (TPSA) is 76.7 Å². The number of aromatic amines is 1. The minimum atomic E-state index is -0.573. The first-order chi connectivity index (χ1) is 7.50. The molecule has 5 heteroatoms. The second-order valence-electron chi connectivity index (χ2n) is 5.24. The highest BCUT2D eigenvalue weighted by atomic mass is 16.1. The molecule has 1 fully saturated rings. The van der Waals surface area contributed by atoms with Crippen molar-refractivity contribution in [1.29, 1.82) is 0 Å². The smallest absolute Gasteiger partial charge is 0.319 e. The lowest BCUT2D eigenvalue weighted by molar-refractivity contribution is 0.322. The molecule has 0 aliphatic heterocycles. The fourth-order valence-corrected chi connectivity index (χ4v) is 2.44. The van der Waals surface area contributed by atoms with Gasteiger partial charge in [0.15, 0.2) is 5.82 Å². The minimum Gasteiger partial charge on any atom is -0.319 e. The molecule has 0 bridgehead atoms. The summed E-state index contributed by atoms with van der Waals surface area (Å²) in [6, 6.07) is 0.276. The van der Waals surface area contributed by atoms with Crippen LogP contribution in [-0.2, 0) is 5.54 Å². The molecule has 1 aliphatic carbocycles. The van der Waals surface area contributed by atoms with E-state index in [0.717, 1.165) is 12.8 Å². The van der Waals surface area contributed by atoms with Crippen molar-refractivity contribution < 1.29 is 0 Å². The third-order valence-electron chi connectivity index (χ3n) is 3.22. The van der Waals surface area contributed by atoms with Crippen LogP contribution in [0.25, 0.3) is 0 Å². The predicted molar refractivity (Wildman–Crippen MR) is 62.2 cm³/mol. The quantitative estimate of drug-likeness (QED) is 0.794. The van der Waals surface area contributed by atoms with Gasteiger partial charge >= 0.3 is 5.69 Å². The Morgan fingerprint density at radius 3 is 2.56 bits per heavy atom. The molecular formula is C11H20N4O. The molecule has 1 aromatic rings. The lowest BCUT2D eigenvalue weighted by Crippen LogP contribution is -2.36. The molecule has 1 heterocycles. The zero-order valence-corrected chi connectivity index (χ0v) is 9.99. The fraction of sp³-hybridized carbons (Fsp3) is 0.818. The Bertz CT molecular complexity index is 406. The van der Waals surface area contributed by atoms with Crippen LogP contribution in [0.5, 0.6) is 0 Å². The molecule has 0 aromatic carbocycles. The Hall–Kier alpha value is -1.10. The van der Waals surface area contributed by atoms with Crippen LogP contribution >= 0.6 is 0 Å². The lowest BCUT2D eigenvalue weighted by atomic mass is 9.94. The summed E-state index contributed by atoms with van der Waals surface area (Å²) in [7, 11) is 0. The Morgan fingerprint density at radius 1 is 1.38 bits per heavy atom. The van der Waals surface area contributed by atoms with E-state index in [-0.39, 0.29) is 11.7 Å². The van der Waals surface area contributed by atoms with E-state index in [1.807, 2.05) is 13.8 Å². The summed E-state index contributed by atoms with van der Waals surface area (Å²) in [5, 5.41) is 6.58. The Kier molecular flexibility index (Phi) is 2.88. The third kappa shape index (κ3) is 2.04. The number of hydrogen-bond donors (Lipinski definition) is 2. The van der Waals surface area contributed by atoms with Crippen LogP contribution in [0.1, 0.15) is 57.8 Å². The summed E-state index contributed by atoms with van der Waals surface area (Å²) < 4.78 is 1.76. The second kappa shape index (κ2) is 4.05. The SMILES string of the molecule is CC(C)(N)c1n[nH]c(=O)n1C1CCCCC1. The van der Waals surface area contributed by atoms with Gasteiger partial charge in [0.05, 0.1) is 5.54 Å². The molecule has 1 saturated carbocycles. The van der Waals surface area contributed by atoms with Crippen LogP contribution in [0.4, 0.5) is 0 Å². The maximum Gasteiger partial charge on any atom is 0.343 e. The summed E-state index contributed by atoms with van der Waals surface area (Å²) in [4.78, 5) is 11.8. The predicted octanol–water partition coefficient (Wildman–Crippen LogP) is 1.27. The average Bonchev–Trinajstić information content (AvgIpc) is 2.61. The highest BCUT2D eigenvalue weighted by Crippen LogP contribution is 2.29. The van der Waals surface area contributed by atoms with Gasteiger partial charge in [0, 0.05) is 6.04 Å². The highest BCUT2D eigenvalue weighted by Gasteiger charge is 2.27. The van der Waals surface area contributed by atoms with Gasteiger partial charge in [0.25, 0.3) is 0 Å². The van der Waals surface area contributed by atoms with Crippen molar-refractivity contribution in [2.45, 2.75) is 57.5 Å². The third-order valence-corrected chi connectivity index (χ3v) is 3.22. The largest absolute Gasteiger partial charge is 0.343 e. The van der Waals surface area contributed by atoms with Gasteiger partial charge in [-0.3, -0.25) is 4.57 Å². The normalized spacial score (nSPS) is 18.9. The lowest BCUT2D eigenvalue weighted by Gasteiger charge is -2.26. The Labute approximate surface area is 95.0 Å². The molecule has 2 rings (SSSR count). The summed E-state index contributed by atoms with van der Waals surface area (Å²) in [5.41, 5.74) is 5.34. The summed E-state index contributed by atoms with van der Waals surface area (Å²) in [6.45, 7) is 3.75. The van der Waals surface area contributed by atoms with Crippen LogP contribution in [-0.4, -0.2) is 14.8 Å². The van der Waals surface area contributed by atoms with Gasteiger partial charge in [0.2, 0.25) is 0 Å². The van der Waals surface area contributed by atoms with E-state index in [1.165, 1.54) is 19.3 Å². The molecule has 90 valence electrons. The van der Waals surface area contributed by atoms with E-state index in [9.17, 15) is 4.79 Å². The van der Waals surface area contributed by atoms with Crippen LogP contribution in [0.15, 0.2) is 4.79 Å². The van der Waals surface area contributed by atoms with Gasteiger partial charge in [-0.2, -0.15) is 5.10 Å². The number of nitrogens with one attached hydrogen (secondary N) is 1. The number of rotatable bonds is 2. The molecule has 1 aliphatic rings. The highest BCUT2D eigenvalue weighted by molar-refractivity contribution is 5.02. The summed E-state index contributed by atoms with van der Waals surface area (Å²) >= 11 is 0. The standard InChI is InChI=1S/C11H20N4O/c1-11(2,12)9-13-14-10(16)15(9)8-6-4-3-5-7-8/h8H,3-7,12H2,1-2H3,(H,14,16). The van der Waals surface area contributed by atoms with E-state index in [2.05, 4.69) is 10.2 Å². The van der Waals surface area contributed by atoms with E-state index < -0.39 is 5.54 Å². The number of nitrogens with two attached hydrogens (primary N) is 1. The monoisotopic (exact) mass is 224 g/mol. The Balaban J connectivity index is 2.38. The molecule has 0 unspecified atom stereocenters. The molecule has 5 nitrogen and oxygen atoms in total. The van der Waals surface area contributed by atoms with E-state index in [1.54, 1.807) is 4.57 Å². The van der Waals surface area contributed by atoms with Gasteiger partial charge in [0.1, 0.15) is 0 Å². The van der Waals surface area contributed by atoms with Gasteiger partial charge in [-0.15, -0.1) is 0 Å². The van der Waals surface area contributed by atoms with Gasteiger partial charge in [-0.25, -0.2) is 9.89 Å². The van der Waals surface area contributed by atoms with Crippen molar-refractivity contribution >= 4 is 0 Å². The van der Waals surface area contributed by atoms with Crippen molar-refractivity contribution in [3.05, 3.63) is 16.3 Å². The molecule has 0 spiro atoms. The molecule has 0 atom stereocenters. The molecule has 0 amide bonds. The molecule has 3 N–H and O–H groups in total. The van der Waals surface area contributed by atoms with Gasteiger partial charge in [-0.05, 0) is 26.7 Å². The van der Waals surface area contributed by atoms with Crippen molar-refractivity contribution in [3.8, 4) is 0 Å². The zero-order chi connectivity index (χ0) is 11.8. The van der Waals surface area contributed by atoms with Gasteiger partial charge < -0.3 is 5.73 Å². The Morgan fingerprint density at radius 2 is 2.00 bits per heavy atom. The second-order valence-corrected chi connectivity index (χ2v) is 5.24. The number of aromatic nitrogens is 3. The maximum absolute atomic E-state index is 11.8. The van der Waals surface area contributed by atoms with Gasteiger partial charge in [-0.1, -0.05) is 19.3 Å². The van der Waals surface area contributed by atoms with E-state index in [0.29, 0.717) is 5.82 Å². The maximum atomic E-state index is 11.8. The van der Waals surface area contributed by atoms with E-state index >= 15 is 0 Å². The number of H-pyrrole nitrogens is 1. The molecular weight excluding hydrogens is 204 g/mol. The average molecular weight is 224 g/mol. The molecule has 0 radical (unpaired) electrons. The van der Waals surface area contributed by atoms with Crippen molar-refractivity contribution in [2.24, 2.45) is 5.73 Å². The first-order valence-electron chi connectivity index (χ1n) is 5.96. The molecule has 16 heavy (non-hydrogen) atoms. The number of nitrogens with zero attached hydrogens (tertiary/aromatic N) is 2. The summed E-state index contributed by atoms with van der Waals surface area (Å²) in [6.07, 6.45) is 5.76. The van der Waals surface area contributed by atoms with Crippen molar-refractivity contribution in [2.75, 3.05) is 0 Å². The van der Waals surface area contributed by atoms with Crippen molar-refractivity contribution in [1.82, 2.24) is 14.8 Å². The number of hydrogen-bond acceptors (Lipinski definition) is 3. The molecule has 1 aromatic heterocycles. The van der Waals surface area contributed by atoms with Crippen LogP contribution in [0.2, 0.25) is 0 Å². The van der Waals surface area contributed by atoms with E-state index in [4.69, 9.17) is 5.73 Å². The van der Waals surface area contributed by atoms with Crippen molar-refractivity contribution in [3.63, 3.8) is 0 Å². The molecule has 0 saturated heterocycles.